The zero-order chi connectivity index (χ0) is 13.1. The molecule has 3 heteroatoms. The van der Waals surface area contributed by atoms with E-state index in [9.17, 15) is 4.79 Å². The lowest BCUT2D eigenvalue weighted by Crippen LogP contribution is -2.13. The second-order valence-electron chi connectivity index (χ2n) is 4.17. The highest BCUT2D eigenvalue weighted by Gasteiger charge is 2.15. The summed E-state index contributed by atoms with van der Waals surface area (Å²) in [6.07, 6.45) is 0.640. The average molecular weight is 263 g/mol. The molecule has 0 aliphatic heterocycles. The molecule has 1 atom stereocenters. The van der Waals surface area contributed by atoms with E-state index < -0.39 is 5.38 Å². The molecule has 2 rings (SSSR count). The minimum Gasteiger partial charge on any atom is -0.497 e. The van der Waals surface area contributed by atoms with Crippen molar-refractivity contribution in [2.45, 2.75) is 18.7 Å². The highest BCUT2D eigenvalue weighted by Crippen LogP contribution is 2.23. The van der Waals surface area contributed by atoms with Crippen LogP contribution in [0.2, 0.25) is 0 Å². The molecule has 1 unspecified atom stereocenters. The molecule has 0 saturated carbocycles. The van der Waals surface area contributed by atoms with Gasteiger partial charge in [0.05, 0.1) is 12.5 Å². The van der Waals surface area contributed by atoms with Gasteiger partial charge in [-0.1, -0.05) is 25.1 Å². The van der Waals surface area contributed by atoms with Gasteiger partial charge in [-0.05, 0) is 35.4 Å². The normalized spacial score (nSPS) is 12.4. The molecule has 0 bridgehead atoms. The van der Waals surface area contributed by atoms with Crippen LogP contribution in [0.25, 0.3) is 10.8 Å². The van der Waals surface area contributed by atoms with E-state index in [2.05, 4.69) is 0 Å². The Morgan fingerprint density at radius 1 is 1.22 bits per heavy atom. The van der Waals surface area contributed by atoms with Crippen molar-refractivity contribution in [1.82, 2.24) is 0 Å². The molecule has 0 saturated heterocycles. The lowest BCUT2D eigenvalue weighted by atomic mass is 10.0. The topological polar surface area (TPSA) is 26.3 Å². The van der Waals surface area contributed by atoms with Crippen LogP contribution in [0.15, 0.2) is 36.4 Å². The third-order valence-electron chi connectivity index (χ3n) is 2.97. The molecular formula is C15H15ClO2. The lowest BCUT2D eigenvalue weighted by Gasteiger charge is -2.07. The van der Waals surface area contributed by atoms with Crippen LogP contribution in [0.3, 0.4) is 0 Å². The van der Waals surface area contributed by atoms with E-state index in [0.717, 1.165) is 16.5 Å². The Kier molecular flexibility index (Phi) is 3.87. The van der Waals surface area contributed by atoms with E-state index >= 15 is 0 Å². The monoisotopic (exact) mass is 262 g/mol. The molecule has 0 aliphatic carbocycles. The maximum Gasteiger partial charge on any atom is 0.180 e. The molecule has 0 heterocycles. The maximum atomic E-state index is 12.0. The van der Waals surface area contributed by atoms with Crippen molar-refractivity contribution in [1.29, 1.82) is 0 Å². The zero-order valence-corrected chi connectivity index (χ0v) is 11.2. The van der Waals surface area contributed by atoms with Crippen molar-refractivity contribution in [3.05, 3.63) is 42.0 Å². The number of rotatable bonds is 4. The number of methoxy groups -OCH3 is 1. The van der Waals surface area contributed by atoms with E-state index in [4.69, 9.17) is 16.3 Å². The van der Waals surface area contributed by atoms with Gasteiger partial charge in [0.25, 0.3) is 0 Å². The van der Waals surface area contributed by atoms with Crippen LogP contribution in [0.1, 0.15) is 23.7 Å². The highest BCUT2D eigenvalue weighted by molar-refractivity contribution is 6.34. The summed E-state index contributed by atoms with van der Waals surface area (Å²) in [5, 5.41) is 1.62. The molecular weight excluding hydrogens is 248 g/mol. The Labute approximate surface area is 112 Å². The Balaban J connectivity index is 2.42. The van der Waals surface area contributed by atoms with Crippen molar-refractivity contribution < 1.29 is 9.53 Å². The molecule has 2 aromatic rings. The first-order valence-corrected chi connectivity index (χ1v) is 6.35. The zero-order valence-electron chi connectivity index (χ0n) is 10.4. The van der Waals surface area contributed by atoms with Crippen molar-refractivity contribution in [2.24, 2.45) is 0 Å². The van der Waals surface area contributed by atoms with Gasteiger partial charge < -0.3 is 4.74 Å². The number of fused-ring (bicyclic) bond motifs is 1. The number of ether oxygens (including phenoxy) is 1. The summed E-state index contributed by atoms with van der Waals surface area (Å²) in [4.78, 5) is 12.0. The molecule has 0 aliphatic rings. The van der Waals surface area contributed by atoms with Gasteiger partial charge in [-0.3, -0.25) is 4.79 Å². The Morgan fingerprint density at radius 3 is 2.56 bits per heavy atom. The molecule has 0 N–H and O–H groups in total. The van der Waals surface area contributed by atoms with E-state index in [0.29, 0.717) is 12.0 Å². The Bertz CT molecular complexity index is 578. The average Bonchev–Trinajstić information content (AvgIpc) is 2.44. The lowest BCUT2D eigenvalue weighted by molar-refractivity contribution is 0.0986. The highest BCUT2D eigenvalue weighted by atomic mass is 35.5. The van der Waals surface area contributed by atoms with Crippen LogP contribution in [-0.2, 0) is 0 Å². The smallest absolute Gasteiger partial charge is 0.180 e. The molecule has 0 aromatic heterocycles. The van der Waals surface area contributed by atoms with Crippen molar-refractivity contribution >= 4 is 28.2 Å². The molecule has 2 aromatic carbocycles. The maximum absolute atomic E-state index is 12.0. The van der Waals surface area contributed by atoms with Gasteiger partial charge in [0.15, 0.2) is 5.78 Å². The summed E-state index contributed by atoms with van der Waals surface area (Å²) in [6.45, 7) is 1.90. The number of ketones is 1. The minimum atomic E-state index is -0.444. The molecule has 18 heavy (non-hydrogen) atoms. The van der Waals surface area contributed by atoms with Crippen LogP contribution in [0.5, 0.6) is 5.75 Å². The SMILES string of the molecule is CCC(Cl)C(=O)c1ccc2cc(OC)ccc2c1. The summed E-state index contributed by atoms with van der Waals surface area (Å²) >= 11 is 5.98. The van der Waals surface area contributed by atoms with Gasteiger partial charge in [0.1, 0.15) is 5.75 Å². The van der Waals surface area contributed by atoms with Crippen LogP contribution >= 0.6 is 11.6 Å². The van der Waals surface area contributed by atoms with E-state index in [-0.39, 0.29) is 5.78 Å². The number of hydrogen-bond donors (Lipinski definition) is 0. The second kappa shape index (κ2) is 5.40. The van der Waals surface area contributed by atoms with Crippen LogP contribution in [0, 0.1) is 0 Å². The summed E-state index contributed by atoms with van der Waals surface area (Å²) in [6, 6.07) is 11.4. The van der Waals surface area contributed by atoms with E-state index in [1.807, 2.05) is 43.3 Å². The summed E-state index contributed by atoms with van der Waals surface area (Å²) in [5.41, 5.74) is 0.662. The van der Waals surface area contributed by atoms with Crippen LogP contribution in [0.4, 0.5) is 0 Å². The number of halogens is 1. The van der Waals surface area contributed by atoms with Crippen molar-refractivity contribution in [3.8, 4) is 5.75 Å². The first-order chi connectivity index (χ1) is 8.65. The van der Waals surface area contributed by atoms with Crippen molar-refractivity contribution in [2.75, 3.05) is 7.11 Å². The van der Waals surface area contributed by atoms with Crippen molar-refractivity contribution in [3.63, 3.8) is 0 Å². The van der Waals surface area contributed by atoms with Gasteiger partial charge in [-0.2, -0.15) is 0 Å². The summed E-state index contributed by atoms with van der Waals surface area (Å²) in [7, 11) is 1.64. The Hall–Kier alpha value is -1.54. The molecule has 2 nitrogen and oxygen atoms in total. The summed E-state index contributed by atoms with van der Waals surface area (Å²) in [5.74, 6) is 0.794. The van der Waals surface area contributed by atoms with Gasteiger partial charge in [-0.25, -0.2) is 0 Å². The van der Waals surface area contributed by atoms with Gasteiger partial charge in [-0.15, -0.1) is 11.6 Å². The first kappa shape index (κ1) is 12.9. The number of Topliss-reactive ketones (excluding diaryl/α,β-unsaturated/α-hetero) is 1. The molecule has 0 fully saturated rings. The number of carbonyl (C=O) groups is 1. The van der Waals surface area contributed by atoms with Gasteiger partial charge in [0.2, 0.25) is 0 Å². The quantitative estimate of drug-likeness (QED) is 0.614. The largest absolute Gasteiger partial charge is 0.497 e. The summed E-state index contributed by atoms with van der Waals surface area (Å²) < 4.78 is 5.17. The first-order valence-electron chi connectivity index (χ1n) is 5.91. The predicted octanol–water partition coefficient (Wildman–Crippen LogP) is 4.05. The molecule has 94 valence electrons. The second-order valence-corrected chi connectivity index (χ2v) is 4.69. The fraction of sp³-hybridized carbons (Fsp3) is 0.267. The fourth-order valence-electron chi connectivity index (χ4n) is 1.87. The number of hydrogen-bond acceptors (Lipinski definition) is 2. The fourth-order valence-corrected chi connectivity index (χ4v) is 2.00. The third-order valence-corrected chi connectivity index (χ3v) is 3.48. The molecule has 0 radical (unpaired) electrons. The number of benzene rings is 2. The molecule has 0 amide bonds. The van der Waals surface area contributed by atoms with E-state index in [1.54, 1.807) is 7.11 Å². The predicted molar refractivity (Wildman–Crippen MR) is 74.8 cm³/mol. The third kappa shape index (κ3) is 2.49. The molecule has 0 spiro atoms. The van der Waals surface area contributed by atoms with Crippen LogP contribution in [-0.4, -0.2) is 18.3 Å². The standard InChI is InChI=1S/C15H15ClO2/c1-3-14(16)15(17)12-5-4-11-9-13(18-2)7-6-10(11)8-12/h4-9,14H,3H2,1-2H3. The Morgan fingerprint density at radius 2 is 1.89 bits per heavy atom. The number of alkyl halides is 1. The van der Waals surface area contributed by atoms with Gasteiger partial charge in [0, 0.05) is 5.56 Å². The number of carbonyl (C=O) groups excluding carboxylic acids is 1. The van der Waals surface area contributed by atoms with Crippen LogP contribution < -0.4 is 4.74 Å². The van der Waals surface area contributed by atoms with Gasteiger partial charge >= 0.3 is 0 Å². The minimum absolute atomic E-state index is 0.0168. The van der Waals surface area contributed by atoms with E-state index in [1.165, 1.54) is 0 Å².